The zero-order chi connectivity index (χ0) is 9.28. The summed E-state index contributed by atoms with van der Waals surface area (Å²) in [5.74, 6) is 3.47. The first-order valence-corrected chi connectivity index (χ1v) is 3.09. The highest BCUT2D eigenvalue weighted by molar-refractivity contribution is 5.79. The van der Waals surface area contributed by atoms with Gasteiger partial charge in [0.2, 0.25) is 0 Å². The fourth-order valence-electron chi connectivity index (χ4n) is 0.365. The molecule has 11 heavy (non-hydrogen) atoms. The Morgan fingerprint density at radius 3 is 1.82 bits per heavy atom. The molecule has 0 radical (unpaired) electrons. The van der Waals surface area contributed by atoms with E-state index in [1.165, 1.54) is 13.8 Å². The highest BCUT2D eigenvalue weighted by Crippen LogP contribution is 2.21. The molecule has 0 bridgehead atoms. The molecule has 1 unspecified atom stereocenters. The third-order valence-corrected chi connectivity index (χ3v) is 1.70. The first-order valence-electron chi connectivity index (χ1n) is 3.09. The van der Waals surface area contributed by atoms with Crippen LogP contribution < -0.4 is 5.90 Å². The largest absolute Gasteiger partial charge is 0.387 e. The van der Waals surface area contributed by atoms with E-state index in [9.17, 15) is 15.0 Å². The van der Waals surface area contributed by atoms with E-state index >= 15 is 0 Å². The van der Waals surface area contributed by atoms with Gasteiger partial charge in [0.15, 0.2) is 5.60 Å². The molecule has 0 aromatic carbocycles. The Balaban J connectivity index is 4.59. The van der Waals surface area contributed by atoms with Crippen molar-refractivity contribution in [1.82, 2.24) is 0 Å². The molecule has 0 aromatic heterocycles. The van der Waals surface area contributed by atoms with Gasteiger partial charge in [0.05, 0.1) is 5.60 Å². The van der Waals surface area contributed by atoms with Crippen molar-refractivity contribution in [2.45, 2.75) is 32.0 Å². The maximum atomic E-state index is 10.7. The highest BCUT2D eigenvalue weighted by atomic mass is 16.7. The van der Waals surface area contributed by atoms with Crippen LogP contribution in [0.3, 0.4) is 0 Å². The molecule has 5 nitrogen and oxygen atoms in total. The Kier molecular flexibility index (Phi) is 2.60. The molecule has 0 amide bonds. The summed E-state index contributed by atoms with van der Waals surface area (Å²) in [7, 11) is 0. The molecular weight excluding hydrogens is 150 g/mol. The number of rotatable bonds is 2. The van der Waals surface area contributed by atoms with Gasteiger partial charge in [-0.15, -0.1) is 0 Å². The minimum absolute atomic E-state index is 1.06. The summed E-state index contributed by atoms with van der Waals surface area (Å²) in [5.41, 5.74) is -3.56. The molecule has 0 saturated carbocycles. The molecule has 0 fully saturated rings. The molecule has 5 heteroatoms. The summed E-state index contributed by atoms with van der Waals surface area (Å²) >= 11 is 0. The molecule has 0 aliphatic rings. The second-order valence-electron chi connectivity index (χ2n) is 3.04. The van der Waals surface area contributed by atoms with Gasteiger partial charge in [-0.05, 0) is 20.8 Å². The molecule has 66 valence electrons. The Labute approximate surface area is 64.7 Å². The van der Waals surface area contributed by atoms with Crippen molar-refractivity contribution in [3.8, 4) is 0 Å². The third-order valence-electron chi connectivity index (χ3n) is 1.70. The maximum Gasteiger partial charge on any atom is 0.359 e. The molecule has 4 N–H and O–H groups in total. The number of carbonyl (C=O) groups is 1. The van der Waals surface area contributed by atoms with E-state index in [4.69, 9.17) is 0 Å². The van der Waals surface area contributed by atoms with Crippen LogP contribution in [-0.2, 0) is 9.63 Å². The van der Waals surface area contributed by atoms with Crippen molar-refractivity contribution in [3.63, 3.8) is 0 Å². The second-order valence-corrected chi connectivity index (χ2v) is 3.04. The van der Waals surface area contributed by atoms with Gasteiger partial charge in [0.1, 0.15) is 0 Å². The normalized spacial score (nSPS) is 17.3. The first kappa shape index (κ1) is 10.3. The van der Waals surface area contributed by atoms with Gasteiger partial charge in [-0.3, -0.25) is 0 Å². The summed E-state index contributed by atoms with van der Waals surface area (Å²) in [6, 6.07) is 0. The van der Waals surface area contributed by atoms with E-state index in [0.717, 1.165) is 6.92 Å². The SMILES string of the molecule is CC(C)(O)C(C)(O)C(=O)ON. The third kappa shape index (κ3) is 1.89. The number of aliphatic hydroxyl groups is 2. The van der Waals surface area contributed by atoms with E-state index in [2.05, 4.69) is 10.7 Å². The minimum Gasteiger partial charge on any atom is -0.387 e. The predicted molar refractivity (Wildman–Crippen MR) is 37.2 cm³/mol. The molecule has 0 saturated heterocycles. The van der Waals surface area contributed by atoms with Crippen molar-refractivity contribution >= 4 is 5.97 Å². The Hall–Kier alpha value is -0.650. The zero-order valence-electron chi connectivity index (χ0n) is 6.79. The molecule has 0 spiro atoms. The first-order chi connectivity index (χ1) is 4.73. The average molecular weight is 163 g/mol. The van der Waals surface area contributed by atoms with Gasteiger partial charge < -0.3 is 15.1 Å². The Morgan fingerprint density at radius 2 is 1.73 bits per heavy atom. The van der Waals surface area contributed by atoms with Crippen LogP contribution in [0.1, 0.15) is 20.8 Å². The average Bonchev–Trinajstić information content (AvgIpc) is 1.83. The van der Waals surface area contributed by atoms with Crippen LogP contribution in [-0.4, -0.2) is 27.4 Å². The van der Waals surface area contributed by atoms with E-state index in [0.29, 0.717) is 0 Å². The number of nitrogens with two attached hydrogens (primary N) is 1. The van der Waals surface area contributed by atoms with Crippen molar-refractivity contribution in [2.75, 3.05) is 0 Å². The summed E-state index contributed by atoms with van der Waals surface area (Å²) < 4.78 is 0. The van der Waals surface area contributed by atoms with Crippen LogP contribution in [0, 0.1) is 0 Å². The fraction of sp³-hybridized carbons (Fsp3) is 0.833. The number of hydrogen-bond donors (Lipinski definition) is 3. The number of carbonyl (C=O) groups excluding carboxylic acids is 1. The van der Waals surface area contributed by atoms with Gasteiger partial charge in [-0.2, -0.15) is 5.90 Å². The van der Waals surface area contributed by atoms with Crippen molar-refractivity contribution in [1.29, 1.82) is 0 Å². The lowest BCUT2D eigenvalue weighted by Crippen LogP contribution is -2.55. The Morgan fingerprint density at radius 1 is 1.36 bits per heavy atom. The molecular formula is C6H13NO4. The van der Waals surface area contributed by atoms with E-state index in [1.54, 1.807) is 0 Å². The topological polar surface area (TPSA) is 92.8 Å². The Bertz CT molecular complexity index is 158. The lowest BCUT2D eigenvalue weighted by molar-refractivity contribution is -0.188. The number of hydrogen-bond acceptors (Lipinski definition) is 5. The lowest BCUT2D eigenvalue weighted by atomic mass is 9.88. The van der Waals surface area contributed by atoms with Crippen molar-refractivity contribution < 1.29 is 19.8 Å². The van der Waals surface area contributed by atoms with Gasteiger partial charge in [-0.25, -0.2) is 4.79 Å². The summed E-state index contributed by atoms with van der Waals surface area (Å²) in [6.07, 6.45) is 0. The van der Waals surface area contributed by atoms with Gasteiger partial charge in [0.25, 0.3) is 0 Å². The second kappa shape index (κ2) is 2.77. The van der Waals surface area contributed by atoms with E-state index in [1.807, 2.05) is 0 Å². The minimum atomic E-state index is -1.98. The molecule has 1 atom stereocenters. The molecule has 0 aromatic rings. The van der Waals surface area contributed by atoms with Crippen LogP contribution in [0.5, 0.6) is 0 Å². The van der Waals surface area contributed by atoms with Crippen LogP contribution >= 0.6 is 0 Å². The molecule has 0 rings (SSSR count). The maximum absolute atomic E-state index is 10.7. The summed E-state index contributed by atoms with van der Waals surface area (Å²) in [6.45, 7) is 3.69. The smallest absolute Gasteiger partial charge is 0.359 e. The van der Waals surface area contributed by atoms with Gasteiger partial charge in [0, 0.05) is 0 Å². The summed E-state index contributed by atoms with van der Waals surface area (Å²) in [5, 5.41) is 18.6. The fourth-order valence-corrected chi connectivity index (χ4v) is 0.365. The van der Waals surface area contributed by atoms with Crippen LogP contribution in [0.2, 0.25) is 0 Å². The van der Waals surface area contributed by atoms with Crippen molar-refractivity contribution in [2.24, 2.45) is 5.90 Å². The van der Waals surface area contributed by atoms with Gasteiger partial charge in [-0.1, -0.05) is 0 Å². The lowest BCUT2D eigenvalue weighted by Gasteiger charge is -2.31. The highest BCUT2D eigenvalue weighted by Gasteiger charge is 2.46. The van der Waals surface area contributed by atoms with E-state index < -0.39 is 17.2 Å². The zero-order valence-corrected chi connectivity index (χ0v) is 6.79. The molecule has 0 aliphatic heterocycles. The molecule has 0 aliphatic carbocycles. The van der Waals surface area contributed by atoms with E-state index in [-0.39, 0.29) is 0 Å². The van der Waals surface area contributed by atoms with Crippen LogP contribution in [0.15, 0.2) is 0 Å². The quantitative estimate of drug-likeness (QED) is 0.450. The molecule has 0 heterocycles. The summed E-state index contributed by atoms with van der Waals surface area (Å²) in [4.78, 5) is 14.5. The van der Waals surface area contributed by atoms with Crippen LogP contribution in [0.25, 0.3) is 0 Å². The van der Waals surface area contributed by atoms with Crippen LogP contribution in [0.4, 0.5) is 0 Å². The van der Waals surface area contributed by atoms with Gasteiger partial charge >= 0.3 is 5.97 Å². The standard InChI is InChI=1S/C6H13NO4/c1-5(2,9)6(3,10)4(8)11-7/h9-10H,7H2,1-3H3. The predicted octanol–water partition coefficient (Wildman–Crippen LogP) is -1.07. The monoisotopic (exact) mass is 163 g/mol. The van der Waals surface area contributed by atoms with Crippen molar-refractivity contribution in [3.05, 3.63) is 0 Å².